The lowest BCUT2D eigenvalue weighted by Crippen LogP contribution is -2.50. The van der Waals surface area contributed by atoms with E-state index in [-0.39, 0.29) is 23.8 Å². The first kappa shape index (κ1) is 18.5. The lowest BCUT2D eigenvalue weighted by atomic mass is 9.82. The fraction of sp³-hybridized carbons (Fsp3) is 0.444. The molecule has 1 N–H and O–H groups in total. The lowest BCUT2D eigenvalue weighted by molar-refractivity contribution is -0.131. The van der Waals surface area contributed by atoms with E-state index in [2.05, 4.69) is 11.8 Å². The molecule has 0 unspecified atom stereocenters. The van der Waals surface area contributed by atoms with Crippen molar-refractivity contribution in [2.45, 2.75) is 31.8 Å². The van der Waals surface area contributed by atoms with E-state index in [0.29, 0.717) is 23.3 Å². The molecule has 0 atom stereocenters. The van der Waals surface area contributed by atoms with Gasteiger partial charge in [-0.15, -0.1) is 12.4 Å². The molecule has 1 aromatic rings. The Morgan fingerprint density at radius 2 is 2.08 bits per heavy atom. The van der Waals surface area contributed by atoms with Gasteiger partial charge in [0.05, 0.1) is 12.0 Å². The molecule has 3 rings (SSSR count). The molecule has 0 aliphatic carbocycles. The maximum Gasteiger partial charge on any atom is 0.328 e. The minimum Gasteiger partial charge on any atom is -0.486 e. The Hall–Kier alpha value is -1.85. The summed E-state index contributed by atoms with van der Waals surface area (Å²) in [4.78, 5) is 25.5. The van der Waals surface area contributed by atoms with E-state index >= 15 is 0 Å². The molecule has 130 valence electrons. The summed E-state index contributed by atoms with van der Waals surface area (Å²) >= 11 is 0. The Kier molecular flexibility index (Phi) is 5.67. The minimum atomic E-state index is -1.01. The largest absolute Gasteiger partial charge is 0.486 e. The minimum absolute atomic E-state index is 0. The average Bonchev–Trinajstić information content (AvgIpc) is 2.54. The van der Waals surface area contributed by atoms with E-state index in [1.54, 1.807) is 18.2 Å². The Labute approximate surface area is 147 Å². The average molecular weight is 352 g/mol. The molecule has 24 heavy (non-hydrogen) atoms. The predicted octanol–water partition coefficient (Wildman–Crippen LogP) is 3.03. The molecule has 0 radical (unpaired) electrons. The number of Topliss-reactive ketones (excluding diaryl/α,β-unsaturated/α-hetero) is 1. The van der Waals surface area contributed by atoms with Gasteiger partial charge in [0.1, 0.15) is 11.4 Å². The number of carboxylic acids is 1. The summed E-state index contributed by atoms with van der Waals surface area (Å²) in [6.07, 6.45) is 4.70. The van der Waals surface area contributed by atoms with Gasteiger partial charge in [-0.2, -0.15) is 0 Å². The molecule has 0 saturated carbocycles. The van der Waals surface area contributed by atoms with Gasteiger partial charge in [-0.25, -0.2) is 4.79 Å². The summed E-state index contributed by atoms with van der Waals surface area (Å²) in [5.41, 5.74) is 0.884. The van der Waals surface area contributed by atoms with Crippen molar-refractivity contribution in [3.63, 3.8) is 0 Å². The topological polar surface area (TPSA) is 66.8 Å². The maximum absolute atomic E-state index is 12.6. The number of benzene rings is 1. The van der Waals surface area contributed by atoms with Gasteiger partial charge in [-0.1, -0.05) is 13.0 Å². The zero-order chi connectivity index (χ0) is 16.4. The monoisotopic (exact) mass is 351 g/mol. The van der Waals surface area contributed by atoms with Crippen molar-refractivity contribution in [3.8, 4) is 5.75 Å². The first-order valence-electron chi connectivity index (χ1n) is 8.01. The van der Waals surface area contributed by atoms with Crippen molar-refractivity contribution in [3.05, 3.63) is 35.4 Å². The van der Waals surface area contributed by atoms with Gasteiger partial charge in [0.2, 0.25) is 0 Å². The van der Waals surface area contributed by atoms with Crippen molar-refractivity contribution in [1.29, 1.82) is 0 Å². The maximum atomic E-state index is 12.6. The number of fused-ring (bicyclic) bond motifs is 1. The smallest absolute Gasteiger partial charge is 0.328 e. The Morgan fingerprint density at radius 3 is 2.71 bits per heavy atom. The number of rotatable bonds is 3. The summed E-state index contributed by atoms with van der Waals surface area (Å²) in [5, 5.41) is 8.69. The molecule has 1 spiro atoms. The first-order valence-corrected chi connectivity index (χ1v) is 8.01. The summed E-state index contributed by atoms with van der Waals surface area (Å²) in [6.45, 7) is 5.09. The molecule has 0 bridgehead atoms. The quantitative estimate of drug-likeness (QED) is 0.848. The van der Waals surface area contributed by atoms with E-state index in [4.69, 9.17) is 9.84 Å². The highest BCUT2D eigenvalue weighted by molar-refractivity contribution is 6.01. The van der Waals surface area contributed by atoms with Gasteiger partial charge >= 0.3 is 5.97 Å². The number of carbonyl (C=O) groups excluding carboxylic acids is 1. The molecule has 1 aromatic carbocycles. The van der Waals surface area contributed by atoms with Crippen LogP contribution in [0, 0.1) is 0 Å². The molecule has 1 fully saturated rings. The Morgan fingerprint density at radius 1 is 1.38 bits per heavy atom. The summed E-state index contributed by atoms with van der Waals surface area (Å²) in [5.74, 6) is -0.299. The van der Waals surface area contributed by atoms with E-state index in [0.717, 1.165) is 38.6 Å². The number of nitrogens with zero attached hydrogens (tertiary/aromatic N) is 1. The normalized spacial score (nSPS) is 19.6. The highest BCUT2D eigenvalue weighted by Crippen LogP contribution is 2.39. The molecule has 1 saturated heterocycles. The number of ether oxygens (including phenoxy) is 1. The lowest BCUT2D eigenvalue weighted by Gasteiger charge is -2.43. The van der Waals surface area contributed by atoms with Crippen LogP contribution in [0.5, 0.6) is 5.75 Å². The van der Waals surface area contributed by atoms with Crippen LogP contribution in [0.15, 0.2) is 24.3 Å². The third-order valence-electron chi connectivity index (χ3n) is 4.75. The zero-order valence-electron chi connectivity index (χ0n) is 13.7. The van der Waals surface area contributed by atoms with Crippen LogP contribution in [0.2, 0.25) is 0 Å². The standard InChI is InChI=1S/C18H21NO4.ClH/c1-2-19-9-7-18(8-10-19)12-15(20)14-11-13(4-6-17(21)22)3-5-16(14)23-18;/h3-6,11H,2,7-10,12H2,1H3,(H,21,22);1H/b6-4+;. The zero-order valence-corrected chi connectivity index (χ0v) is 14.5. The van der Waals surface area contributed by atoms with Gasteiger partial charge in [0.15, 0.2) is 5.78 Å². The number of hydrogen-bond acceptors (Lipinski definition) is 4. The van der Waals surface area contributed by atoms with Crippen molar-refractivity contribution in [2.24, 2.45) is 0 Å². The fourth-order valence-corrected chi connectivity index (χ4v) is 3.34. The van der Waals surface area contributed by atoms with Crippen LogP contribution >= 0.6 is 12.4 Å². The van der Waals surface area contributed by atoms with Crippen molar-refractivity contribution in [2.75, 3.05) is 19.6 Å². The highest BCUT2D eigenvalue weighted by atomic mass is 35.5. The van der Waals surface area contributed by atoms with Gasteiger partial charge in [-0.05, 0) is 30.3 Å². The van der Waals surface area contributed by atoms with E-state index in [1.807, 2.05) is 0 Å². The predicted molar refractivity (Wildman–Crippen MR) is 94.0 cm³/mol. The molecule has 6 heteroatoms. The number of likely N-dealkylation sites (tertiary alicyclic amines) is 1. The number of aliphatic carboxylic acids is 1. The molecular weight excluding hydrogens is 330 g/mol. The molecule has 2 aliphatic rings. The molecule has 5 nitrogen and oxygen atoms in total. The van der Waals surface area contributed by atoms with E-state index in [9.17, 15) is 9.59 Å². The number of hydrogen-bond donors (Lipinski definition) is 1. The second-order valence-electron chi connectivity index (χ2n) is 6.25. The number of carbonyl (C=O) groups is 2. The third-order valence-corrected chi connectivity index (χ3v) is 4.75. The summed E-state index contributed by atoms with van der Waals surface area (Å²) in [6, 6.07) is 5.28. The van der Waals surface area contributed by atoms with Crippen LogP contribution in [0.25, 0.3) is 6.08 Å². The number of halogens is 1. The molecule has 2 heterocycles. The molecular formula is C18H22ClNO4. The van der Waals surface area contributed by atoms with Gasteiger partial charge < -0.3 is 14.7 Å². The van der Waals surface area contributed by atoms with Crippen molar-refractivity contribution >= 4 is 30.2 Å². The second kappa shape index (κ2) is 7.36. The van der Waals surface area contributed by atoms with Crippen LogP contribution < -0.4 is 4.74 Å². The SMILES string of the molecule is CCN1CCC2(CC1)CC(=O)c1cc(/C=C/C(=O)O)ccc1O2.Cl. The van der Waals surface area contributed by atoms with Crippen LogP contribution in [0.4, 0.5) is 0 Å². The third kappa shape index (κ3) is 3.79. The van der Waals surface area contributed by atoms with Crippen LogP contribution in [0.1, 0.15) is 42.1 Å². The first-order chi connectivity index (χ1) is 11.0. The fourth-order valence-electron chi connectivity index (χ4n) is 3.34. The molecule has 0 aromatic heterocycles. The molecule has 0 amide bonds. The van der Waals surface area contributed by atoms with Crippen LogP contribution in [0.3, 0.4) is 0 Å². The van der Waals surface area contributed by atoms with Crippen LogP contribution in [-0.4, -0.2) is 47.0 Å². The van der Waals surface area contributed by atoms with E-state index in [1.165, 1.54) is 6.08 Å². The van der Waals surface area contributed by atoms with Crippen LogP contribution in [-0.2, 0) is 4.79 Å². The highest BCUT2D eigenvalue weighted by Gasteiger charge is 2.42. The van der Waals surface area contributed by atoms with Gasteiger partial charge in [-0.3, -0.25) is 4.79 Å². The van der Waals surface area contributed by atoms with E-state index < -0.39 is 5.97 Å². The number of carboxylic acid groups (broad SMARTS) is 1. The van der Waals surface area contributed by atoms with Gasteiger partial charge in [0, 0.05) is 32.0 Å². The van der Waals surface area contributed by atoms with Crippen molar-refractivity contribution < 1.29 is 19.4 Å². The van der Waals surface area contributed by atoms with Gasteiger partial charge in [0.25, 0.3) is 0 Å². The number of piperidine rings is 1. The van der Waals surface area contributed by atoms with Crippen molar-refractivity contribution in [1.82, 2.24) is 4.90 Å². The Balaban J connectivity index is 0.00000208. The molecule has 2 aliphatic heterocycles. The summed E-state index contributed by atoms with van der Waals surface area (Å²) < 4.78 is 6.22. The Bertz CT molecular complexity index is 663. The second-order valence-corrected chi connectivity index (χ2v) is 6.25. The summed E-state index contributed by atoms with van der Waals surface area (Å²) in [7, 11) is 0. The number of ketones is 1.